The molecule has 0 heterocycles. The Hall–Kier alpha value is -0.180. The van der Waals surface area contributed by atoms with E-state index in [0.29, 0.717) is 6.42 Å². The van der Waals surface area contributed by atoms with Crippen molar-refractivity contribution in [1.82, 2.24) is 0 Å². The van der Waals surface area contributed by atoms with E-state index in [1.807, 2.05) is 0 Å². The summed E-state index contributed by atoms with van der Waals surface area (Å²) < 4.78 is 0. The second kappa shape index (κ2) is 25.1. The maximum Gasteiger partial charge on any atom is 0.304 e. The number of hydrogen-bond donors (Lipinski definition) is 2. The number of carbonyl (C=O) groups is 1. The molecule has 2 nitrogen and oxygen atoms in total. The van der Waals surface area contributed by atoms with Crippen LogP contribution in [0.4, 0.5) is 0 Å². The molecule has 0 aliphatic heterocycles. The molecule has 0 bridgehead atoms. The summed E-state index contributed by atoms with van der Waals surface area (Å²) in [6.07, 6.45) is 28.2. The molecule has 0 fully saturated rings. The van der Waals surface area contributed by atoms with E-state index < -0.39 is 5.97 Å². The van der Waals surface area contributed by atoms with Gasteiger partial charge in [0.2, 0.25) is 0 Å². The molecule has 0 aliphatic rings. The van der Waals surface area contributed by atoms with E-state index in [2.05, 4.69) is 13.8 Å². The average molecular weight is 445 g/mol. The van der Waals surface area contributed by atoms with Crippen LogP contribution in [0.3, 0.4) is 0 Å². The standard InChI is InChI=1S/C27H56O2S/c1-3-5-7-9-11-13-15-17-19-21-24-30(26-23-27(28)29)25-22-20-18-16-14-12-10-8-6-4-2/h30H,3-26H2,1-2H3,(H,28,29). The summed E-state index contributed by atoms with van der Waals surface area (Å²) in [5.41, 5.74) is 0. The number of carboxylic acid groups (broad SMARTS) is 1. The van der Waals surface area contributed by atoms with Crippen molar-refractivity contribution in [2.75, 3.05) is 17.3 Å². The minimum atomic E-state index is -0.603. The average Bonchev–Trinajstić information content (AvgIpc) is 2.73. The molecular weight excluding hydrogens is 388 g/mol. The van der Waals surface area contributed by atoms with Gasteiger partial charge < -0.3 is 5.11 Å². The van der Waals surface area contributed by atoms with Gasteiger partial charge >= 0.3 is 5.97 Å². The largest absolute Gasteiger partial charge is 0.481 e. The molecule has 0 saturated heterocycles. The molecule has 0 spiro atoms. The van der Waals surface area contributed by atoms with Gasteiger partial charge in [0.25, 0.3) is 0 Å². The van der Waals surface area contributed by atoms with Crippen molar-refractivity contribution in [1.29, 1.82) is 0 Å². The zero-order valence-corrected chi connectivity index (χ0v) is 21.7. The summed E-state index contributed by atoms with van der Waals surface area (Å²) >= 11 is 0. The first-order valence-corrected chi connectivity index (χ1v) is 15.5. The molecule has 0 radical (unpaired) electrons. The van der Waals surface area contributed by atoms with Crippen LogP contribution in [0.25, 0.3) is 0 Å². The lowest BCUT2D eigenvalue weighted by atomic mass is 10.1. The Balaban J connectivity index is 3.65. The number of rotatable bonds is 25. The number of thiol groups is 1. The maximum absolute atomic E-state index is 11.0. The van der Waals surface area contributed by atoms with Crippen LogP contribution >= 0.6 is 10.9 Å². The molecule has 1 N–H and O–H groups in total. The van der Waals surface area contributed by atoms with Gasteiger partial charge in [0.05, 0.1) is 6.42 Å². The first-order valence-electron chi connectivity index (χ1n) is 13.6. The minimum Gasteiger partial charge on any atom is -0.481 e. The van der Waals surface area contributed by atoms with Crippen molar-refractivity contribution in [2.45, 2.75) is 149 Å². The summed E-state index contributed by atoms with van der Waals surface area (Å²) in [4.78, 5) is 11.0. The van der Waals surface area contributed by atoms with Gasteiger partial charge in [-0.25, -0.2) is 0 Å². The van der Waals surface area contributed by atoms with Crippen LogP contribution in [0.2, 0.25) is 0 Å². The summed E-state index contributed by atoms with van der Waals surface area (Å²) in [7, 11) is -0.0431. The lowest BCUT2D eigenvalue weighted by Gasteiger charge is -2.21. The van der Waals surface area contributed by atoms with Gasteiger partial charge in [-0.2, -0.15) is 0 Å². The Morgan fingerprint density at radius 2 is 0.800 bits per heavy atom. The smallest absolute Gasteiger partial charge is 0.304 e. The first kappa shape index (κ1) is 29.8. The van der Waals surface area contributed by atoms with Gasteiger partial charge in [0, 0.05) is 0 Å². The molecule has 0 amide bonds. The topological polar surface area (TPSA) is 37.3 Å². The third-order valence-corrected chi connectivity index (χ3v) is 9.05. The van der Waals surface area contributed by atoms with Gasteiger partial charge in [0.15, 0.2) is 0 Å². The Labute approximate surface area is 192 Å². The van der Waals surface area contributed by atoms with E-state index in [0.717, 1.165) is 5.75 Å². The summed E-state index contributed by atoms with van der Waals surface area (Å²) in [5.74, 6) is 2.99. The summed E-state index contributed by atoms with van der Waals surface area (Å²) in [6, 6.07) is 0. The molecule has 0 atom stereocenters. The van der Waals surface area contributed by atoms with Gasteiger partial charge in [-0.1, -0.05) is 129 Å². The fourth-order valence-corrected chi connectivity index (χ4v) is 6.75. The van der Waals surface area contributed by atoms with Crippen molar-refractivity contribution in [3.63, 3.8) is 0 Å². The third kappa shape index (κ3) is 24.1. The highest BCUT2D eigenvalue weighted by Gasteiger charge is 2.07. The van der Waals surface area contributed by atoms with Gasteiger partial charge in [0.1, 0.15) is 0 Å². The summed E-state index contributed by atoms with van der Waals surface area (Å²) in [5, 5.41) is 9.06. The van der Waals surface area contributed by atoms with E-state index in [4.69, 9.17) is 5.11 Å². The van der Waals surface area contributed by atoms with Crippen molar-refractivity contribution in [3.8, 4) is 0 Å². The third-order valence-electron chi connectivity index (χ3n) is 6.30. The van der Waals surface area contributed by atoms with Gasteiger partial charge in [-0.05, 0) is 30.1 Å². The van der Waals surface area contributed by atoms with Crippen LogP contribution in [0.5, 0.6) is 0 Å². The predicted molar refractivity (Wildman–Crippen MR) is 140 cm³/mol. The second-order valence-electron chi connectivity index (χ2n) is 9.35. The molecule has 0 unspecified atom stereocenters. The van der Waals surface area contributed by atoms with Crippen molar-refractivity contribution in [2.24, 2.45) is 0 Å². The van der Waals surface area contributed by atoms with E-state index in [1.54, 1.807) is 0 Å². The minimum absolute atomic E-state index is 0.0431. The molecule has 30 heavy (non-hydrogen) atoms. The number of aliphatic carboxylic acids is 1. The lowest BCUT2D eigenvalue weighted by Crippen LogP contribution is -2.05. The molecular formula is C27H56O2S. The first-order chi connectivity index (χ1) is 14.7. The molecule has 0 aromatic rings. The molecule has 0 aromatic carbocycles. The zero-order chi connectivity index (χ0) is 22.1. The predicted octanol–water partition coefficient (Wildman–Crippen LogP) is 9.30. The SMILES string of the molecule is CCCCCCCCCCCC[SH](CCCCCCCCCCCC)CCC(=O)O. The molecule has 0 rings (SSSR count). The van der Waals surface area contributed by atoms with Gasteiger partial charge in [-0.3, -0.25) is 15.7 Å². The highest BCUT2D eigenvalue weighted by atomic mass is 32.2. The fourth-order valence-electron chi connectivity index (χ4n) is 4.23. The normalized spacial score (nSPS) is 11.7. The van der Waals surface area contributed by atoms with Crippen LogP contribution < -0.4 is 0 Å². The van der Waals surface area contributed by atoms with Crippen LogP contribution in [0.1, 0.15) is 149 Å². The molecule has 3 heteroatoms. The van der Waals surface area contributed by atoms with Crippen LogP contribution in [-0.4, -0.2) is 28.3 Å². The maximum atomic E-state index is 11.0. The van der Waals surface area contributed by atoms with Crippen molar-refractivity contribution in [3.05, 3.63) is 0 Å². The molecule has 0 saturated carbocycles. The van der Waals surface area contributed by atoms with Crippen LogP contribution in [-0.2, 0) is 4.79 Å². The lowest BCUT2D eigenvalue weighted by molar-refractivity contribution is -0.136. The number of hydrogen-bond acceptors (Lipinski definition) is 1. The Morgan fingerprint density at radius 3 is 1.10 bits per heavy atom. The Kier molecular flexibility index (Phi) is 24.9. The fraction of sp³-hybridized carbons (Fsp3) is 0.963. The number of unbranched alkanes of at least 4 members (excludes halogenated alkanes) is 18. The molecule has 182 valence electrons. The highest BCUT2D eigenvalue weighted by molar-refractivity contribution is 8.17. The Bertz CT molecular complexity index is 322. The van der Waals surface area contributed by atoms with Crippen molar-refractivity contribution < 1.29 is 9.90 Å². The van der Waals surface area contributed by atoms with Gasteiger partial charge in [-0.15, -0.1) is 0 Å². The van der Waals surface area contributed by atoms with Crippen molar-refractivity contribution >= 4 is 16.9 Å². The number of carboxylic acids is 1. The monoisotopic (exact) mass is 444 g/mol. The van der Waals surface area contributed by atoms with E-state index in [1.165, 1.54) is 140 Å². The second-order valence-corrected chi connectivity index (χ2v) is 12.0. The Morgan fingerprint density at radius 1 is 0.500 bits per heavy atom. The molecule has 0 aliphatic carbocycles. The quantitative estimate of drug-likeness (QED) is 0.109. The zero-order valence-electron chi connectivity index (χ0n) is 20.8. The highest BCUT2D eigenvalue weighted by Crippen LogP contribution is 2.30. The molecule has 0 aromatic heterocycles. The van der Waals surface area contributed by atoms with Crippen LogP contribution in [0.15, 0.2) is 0 Å². The van der Waals surface area contributed by atoms with E-state index in [-0.39, 0.29) is 10.9 Å². The van der Waals surface area contributed by atoms with E-state index >= 15 is 0 Å². The van der Waals surface area contributed by atoms with Crippen LogP contribution in [0, 0.1) is 0 Å². The van der Waals surface area contributed by atoms with E-state index in [9.17, 15) is 4.79 Å². The summed E-state index contributed by atoms with van der Waals surface area (Å²) in [6.45, 7) is 4.56.